The van der Waals surface area contributed by atoms with Crippen molar-refractivity contribution in [2.75, 3.05) is 38.5 Å². The van der Waals surface area contributed by atoms with E-state index in [1.807, 2.05) is 30.3 Å². The lowest BCUT2D eigenvalue weighted by molar-refractivity contribution is -0.120. The van der Waals surface area contributed by atoms with Crippen molar-refractivity contribution < 1.29 is 22.4 Å². The molecule has 9 heteroatoms. The number of carbonyl (C=O) groups excluding carboxylic acids is 2. The van der Waals surface area contributed by atoms with Crippen LogP contribution in [-0.2, 0) is 21.2 Å². The number of benzene rings is 1. The molecule has 0 unspecified atom stereocenters. The van der Waals surface area contributed by atoms with Gasteiger partial charge in [0.15, 0.2) is 5.76 Å². The Balaban J connectivity index is 1.42. The van der Waals surface area contributed by atoms with Crippen molar-refractivity contribution in [2.45, 2.75) is 6.42 Å². The van der Waals surface area contributed by atoms with Crippen LogP contribution in [0.1, 0.15) is 16.1 Å². The minimum Gasteiger partial charge on any atom is -0.459 e. The van der Waals surface area contributed by atoms with Crippen molar-refractivity contribution in [3.05, 3.63) is 60.1 Å². The molecule has 1 fully saturated rings. The maximum Gasteiger partial charge on any atom is 0.289 e. The zero-order valence-corrected chi connectivity index (χ0v) is 16.2. The number of furan rings is 1. The molecule has 0 saturated carbocycles. The maximum atomic E-state index is 12.5. The molecule has 0 spiro atoms. The Hall–Kier alpha value is -2.65. The summed E-state index contributed by atoms with van der Waals surface area (Å²) >= 11 is 0. The van der Waals surface area contributed by atoms with Gasteiger partial charge < -0.3 is 14.6 Å². The SMILES string of the molecule is O=C(Cc1ccccc1)NCCS(=O)(=O)N1CCN(C(=O)c2ccco2)CC1. The summed E-state index contributed by atoms with van der Waals surface area (Å²) in [5.41, 5.74) is 0.875. The Morgan fingerprint density at radius 2 is 1.71 bits per heavy atom. The van der Waals surface area contributed by atoms with Gasteiger partial charge >= 0.3 is 0 Å². The van der Waals surface area contributed by atoms with Crippen molar-refractivity contribution in [2.24, 2.45) is 0 Å². The summed E-state index contributed by atoms with van der Waals surface area (Å²) in [7, 11) is -3.50. The van der Waals surface area contributed by atoms with Gasteiger partial charge in [0, 0.05) is 32.7 Å². The Morgan fingerprint density at radius 1 is 1.00 bits per heavy atom. The van der Waals surface area contributed by atoms with E-state index in [0.29, 0.717) is 13.1 Å². The molecule has 1 saturated heterocycles. The predicted molar refractivity (Wildman–Crippen MR) is 103 cm³/mol. The molecule has 1 aliphatic rings. The van der Waals surface area contributed by atoms with Crippen LogP contribution in [0.3, 0.4) is 0 Å². The molecule has 1 aliphatic heterocycles. The second-order valence-electron chi connectivity index (χ2n) is 6.50. The van der Waals surface area contributed by atoms with Gasteiger partial charge in [0.25, 0.3) is 5.91 Å². The molecule has 0 aliphatic carbocycles. The Kier molecular flexibility index (Phi) is 6.48. The van der Waals surface area contributed by atoms with Crippen LogP contribution in [0, 0.1) is 0 Å². The van der Waals surface area contributed by atoms with Crippen LogP contribution in [0.2, 0.25) is 0 Å². The summed E-state index contributed by atoms with van der Waals surface area (Å²) in [5.74, 6) is -0.373. The Bertz CT molecular complexity index is 889. The third-order valence-electron chi connectivity index (χ3n) is 4.54. The zero-order valence-electron chi connectivity index (χ0n) is 15.4. The molecule has 1 aromatic carbocycles. The van der Waals surface area contributed by atoms with Gasteiger partial charge in [-0.05, 0) is 17.7 Å². The smallest absolute Gasteiger partial charge is 0.289 e. The second-order valence-corrected chi connectivity index (χ2v) is 8.59. The molecule has 28 heavy (non-hydrogen) atoms. The molecule has 2 aromatic rings. The molecule has 8 nitrogen and oxygen atoms in total. The predicted octanol–water partition coefficient (Wildman–Crippen LogP) is 0.726. The van der Waals surface area contributed by atoms with E-state index in [2.05, 4.69) is 5.32 Å². The van der Waals surface area contributed by atoms with E-state index >= 15 is 0 Å². The molecule has 0 bridgehead atoms. The molecular formula is C19H23N3O5S. The third kappa shape index (κ3) is 5.20. The number of hydrogen-bond donors (Lipinski definition) is 1. The van der Waals surface area contributed by atoms with E-state index in [-0.39, 0.29) is 49.4 Å². The summed E-state index contributed by atoms with van der Waals surface area (Å²) in [4.78, 5) is 25.7. The lowest BCUT2D eigenvalue weighted by Gasteiger charge is -2.33. The number of carbonyl (C=O) groups is 2. The summed E-state index contributed by atoms with van der Waals surface area (Å²) in [6, 6.07) is 12.5. The second kappa shape index (κ2) is 9.03. The molecule has 2 amide bonds. The first-order valence-electron chi connectivity index (χ1n) is 9.07. The number of nitrogens with one attached hydrogen (secondary N) is 1. The fourth-order valence-electron chi connectivity index (χ4n) is 3.02. The van der Waals surface area contributed by atoms with Gasteiger partial charge in [-0.15, -0.1) is 0 Å². The van der Waals surface area contributed by atoms with Crippen LogP contribution >= 0.6 is 0 Å². The molecule has 3 rings (SSSR count). The number of sulfonamides is 1. The number of hydrogen-bond acceptors (Lipinski definition) is 5. The Labute approximate surface area is 164 Å². The van der Waals surface area contributed by atoms with Crippen molar-refractivity contribution in [1.29, 1.82) is 0 Å². The first kappa shape index (κ1) is 20.1. The van der Waals surface area contributed by atoms with Crippen LogP contribution in [0.15, 0.2) is 53.1 Å². The van der Waals surface area contributed by atoms with Gasteiger partial charge in [0.1, 0.15) is 0 Å². The van der Waals surface area contributed by atoms with Crippen LogP contribution < -0.4 is 5.32 Å². The summed E-state index contributed by atoms with van der Waals surface area (Å²) in [5, 5.41) is 2.65. The van der Waals surface area contributed by atoms with E-state index in [1.165, 1.54) is 10.6 Å². The quantitative estimate of drug-likeness (QED) is 0.732. The average molecular weight is 405 g/mol. The van der Waals surface area contributed by atoms with Crippen molar-refractivity contribution in [1.82, 2.24) is 14.5 Å². The number of amides is 2. The van der Waals surface area contributed by atoms with Crippen LogP contribution in [0.25, 0.3) is 0 Å². The number of piperazine rings is 1. The topological polar surface area (TPSA) is 99.9 Å². The lowest BCUT2D eigenvalue weighted by Crippen LogP contribution is -2.51. The third-order valence-corrected chi connectivity index (χ3v) is 6.41. The number of rotatable bonds is 7. The van der Waals surface area contributed by atoms with Crippen molar-refractivity contribution >= 4 is 21.8 Å². The molecular weight excluding hydrogens is 382 g/mol. The zero-order chi connectivity index (χ0) is 20.0. The first-order chi connectivity index (χ1) is 13.5. The van der Waals surface area contributed by atoms with Gasteiger partial charge in [-0.1, -0.05) is 30.3 Å². The highest BCUT2D eigenvalue weighted by Crippen LogP contribution is 2.12. The van der Waals surface area contributed by atoms with Gasteiger partial charge in [-0.25, -0.2) is 8.42 Å². The van der Waals surface area contributed by atoms with E-state index in [9.17, 15) is 18.0 Å². The van der Waals surface area contributed by atoms with E-state index < -0.39 is 10.0 Å². The van der Waals surface area contributed by atoms with E-state index in [1.54, 1.807) is 17.0 Å². The van der Waals surface area contributed by atoms with E-state index in [0.717, 1.165) is 5.56 Å². The van der Waals surface area contributed by atoms with Gasteiger partial charge in [-0.3, -0.25) is 9.59 Å². The standard InChI is InChI=1S/C19H23N3O5S/c23-18(15-16-5-2-1-3-6-16)20-8-14-28(25,26)22-11-9-21(10-12-22)19(24)17-7-4-13-27-17/h1-7,13H,8-12,14-15H2,(H,20,23). The highest BCUT2D eigenvalue weighted by atomic mass is 32.2. The van der Waals surface area contributed by atoms with Crippen molar-refractivity contribution in [3.8, 4) is 0 Å². The molecule has 1 aromatic heterocycles. The van der Waals surface area contributed by atoms with Crippen LogP contribution in [0.5, 0.6) is 0 Å². The minimum atomic E-state index is -3.50. The number of nitrogens with zero attached hydrogens (tertiary/aromatic N) is 2. The maximum absolute atomic E-state index is 12.5. The monoisotopic (exact) mass is 405 g/mol. The molecule has 2 heterocycles. The molecule has 1 N–H and O–H groups in total. The molecule has 0 atom stereocenters. The fraction of sp³-hybridized carbons (Fsp3) is 0.368. The van der Waals surface area contributed by atoms with Gasteiger partial charge in [0.05, 0.1) is 18.4 Å². The summed E-state index contributed by atoms with van der Waals surface area (Å²) in [6.45, 7) is 1.12. The minimum absolute atomic E-state index is 0.0551. The van der Waals surface area contributed by atoms with Gasteiger partial charge in [0.2, 0.25) is 15.9 Å². The summed E-state index contributed by atoms with van der Waals surface area (Å²) < 4.78 is 31.4. The van der Waals surface area contributed by atoms with E-state index in [4.69, 9.17) is 4.42 Å². The lowest BCUT2D eigenvalue weighted by atomic mass is 10.1. The van der Waals surface area contributed by atoms with Gasteiger partial charge in [-0.2, -0.15) is 4.31 Å². The average Bonchev–Trinajstić information content (AvgIpc) is 3.23. The largest absolute Gasteiger partial charge is 0.459 e. The first-order valence-corrected chi connectivity index (χ1v) is 10.7. The summed E-state index contributed by atoms with van der Waals surface area (Å²) in [6.07, 6.45) is 1.65. The normalized spacial score (nSPS) is 15.4. The van der Waals surface area contributed by atoms with Crippen LogP contribution in [-0.4, -0.2) is 67.9 Å². The van der Waals surface area contributed by atoms with Crippen LogP contribution in [0.4, 0.5) is 0 Å². The highest BCUT2D eigenvalue weighted by Gasteiger charge is 2.29. The highest BCUT2D eigenvalue weighted by molar-refractivity contribution is 7.89. The van der Waals surface area contributed by atoms with Crippen molar-refractivity contribution in [3.63, 3.8) is 0 Å². The Morgan fingerprint density at radius 3 is 2.36 bits per heavy atom. The molecule has 0 radical (unpaired) electrons. The fourth-order valence-corrected chi connectivity index (χ4v) is 4.36. The molecule has 150 valence electrons.